The number of carbonyl (C=O) groups excluding carboxylic acids is 1. The molecule has 0 fully saturated rings. The summed E-state index contributed by atoms with van der Waals surface area (Å²) in [6.45, 7) is 5.71. The molecule has 1 N–H and O–H groups in total. The number of benzene rings is 1. The number of anilines is 1. The van der Waals surface area contributed by atoms with Gasteiger partial charge in [-0.25, -0.2) is 9.97 Å². The third-order valence-electron chi connectivity index (χ3n) is 4.72. The largest absolute Gasteiger partial charge is 0.302 e. The number of rotatable bonds is 4. The molecule has 1 amide bonds. The summed E-state index contributed by atoms with van der Waals surface area (Å²) in [5.41, 5.74) is 3.78. The Kier molecular flexibility index (Phi) is 5.40. The smallest absolute Gasteiger partial charge is 0.262 e. The van der Waals surface area contributed by atoms with Crippen LogP contribution in [0.25, 0.3) is 33.4 Å². The van der Waals surface area contributed by atoms with Gasteiger partial charge in [-0.1, -0.05) is 23.7 Å². The van der Waals surface area contributed by atoms with Gasteiger partial charge in [-0.3, -0.25) is 14.2 Å². The van der Waals surface area contributed by atoms with Gasteiger partial charge in [-0.05, 0) is 43.7 Å². The molecule has 4 rings (SSSR count). The fourth-order valence-electron chi connectivity index (χ4n) is 3.49. The van der Waals surface area contributed by atoms with E-state index in [1.807, 2.05) is 44.2 Å². The fourth-order valence-corrected chi connectivity index (χ4v) is 4.43. The maximum atomic E-state index is 13.6. The zero-order valence-corrected chi connectivity index (χ0v) is 18.3. The number of aryl methyl sites for hydroxylation is 2. The Balaban J connectivity index is 2.12. The normalized spacial score (nSPS) is 11.1. The van der Waals surface area contributed by atoms with Crippen LogP contribution in [0.2, 0.25) is 5.02 Å². The van der Waals surface area contributed by atoms with Crippen molar-refractivity contribution in [2.75, 3.05) is 5.32 Å². The molecule has 0 radical (unpaired) electrons. The van der Waals surface area contributed by atoms with Crippen LogP contribution in [0, 0.1) is 6.92 Å². The highest BCUT2D eigenvalue weighted by Crippen LogP contribution is 2.37. The second kappa shape index (κ2) is 8.01. The zero-order valence-electron chi connectivity index (χ0n) is 16.7. The van der Waals surface area contributed by atoms with Crippen molar-refractivity contribution in [3.8, 4) is 22.4 Å². The maximum Gasteiger partial charge on any atom is 0.262 e. The predicted octanol–water partition coefficient (Wildman–Crippen LogP) is 5.13. The zero-order chi connectivity index (χ0) is 21.4. The average molecular weight is 439 g/mol. The highest BCUT2D eigenvalue weighted by atomic mass is 35.5. The lowest BCUT2D eigenvalue weighted by Crippen LogP contribution is -2.23. The fraction of sp³-hybridized carbons (Fsp3) is 0.182. The first-order valence-electron chi connectivity index (χ1n) is 9.42. The Hall–Kier alpha value is -3.03. The van der Waals surface area contributed by atoms with Gasteiger partial charge in [0.05, 0.1) is 11.3 Å². The number of hydrogen-bond donors (Lipinski definition) is 1. The van der Waals surface area contributed by atoms with Gasteiger partial charge in [0.15, 0.2) is 5.13 Å². The first kappa shape index (κ1) is 20.3. The molecule has 3 aromatic heterocycles. The number of fused-ring (bicyclic) bond motifs is 1. The molecule has 152 valence electrons. The second-order valence-corrected chi connectivity index (χ2v) is 8.15. The monoisotopic (exact) mass is 438 g/mol. The van der Waals surface area contributed by atoms with Crippen LogP contribution in [0.5, 0.6) is 0 Å². The number of halogens is 1. The van der Waals surface area contributed by atoms with Crippen LogP contribution >= 0.6 is 22.9 Å². The quantitative estimate of drug-likeness (QED) is 0.479. The van der Waals surface area contributed by atoms with E-state index in [4.69, 9.17) is 11.6 Å². The molecule has 8 heteroatoms. The van der Waals surface area contributed by atoms with E-state index in [1.165, 1.54) is 18.3 Å². The van der Waals surface area contributed by atoms with E-state index in [-0.39, 0.29) is 11.5 Å². The third kappa shape index (κ3) is 3.62. The van der Waals surface area contributed by atoms with Crippen molar-refractivity contribution >= 4 is 45.0 Å². The van der Waals surface area contributed by atoms with Crippen LogP contribution in [0.4, 0.5) is 5.13 Å². The number of nitrogens with one attached hydrogen (secondary N) is 1. The Morgan fingerprint density at radius 1 is 1.20 bits per heavy atom. The highest BCUT2D eigenvalue weighted by Gasteiger charge is 2.22. The van der Waals surface area contributed by atoms with Gasteiger partial charge in [0, 0.05) is 40.5 Å². The van der Waals surface area contributed by atoms with Gasteiger partial charge in [0.1, 0.15) is 5.65 Å². The number of thiazole rings is 1. The lowest BCUT2D eigenvalue weighted by Gasteiger charge is -2.16. The molecule has 0 saturated heterocycles. The summed E-state index contributed by atoms with van der Waals surface area (Å²) in [4.78, 5) is 34.2. The van der Waals surface area contributed by atoms with E-state index in [0.29, 0.717) is 33.6 Å². The van der Waals surface area contributed by atoms with Gasteiger partial charge in [-0.2, -0.15) is 0 Å². The number of pyridine rings is 2. The standard InChI is InChI=1S/C22H19ClN4O2S/c1-4-27-20-16(9-8-12(2)24-20)18(14-6-5-7-15(23)10-14)19(21(27)29)17-11-30-22(26-17)25-13(3)28/h5-11H,4H2,1-3H3,(H,25,26,28). The van der Waals surface area contributed by atoms with Crippen LogP contribution in [0.3, 0.4) is 0 Å². The minimum absolute atomic E-state index is 0.183. The molecule has 0 spiro atoms. The lowest BCUT2D eigenvalue weighted by atomic mass is 9.95. The topological polar surface area (TPSA) is 76.9 Å². The second-order valence-electron chi connectivity index (χ2n) is 6.85. The van der Waals surface area contributed by atoms with Gasteiger partial charge in [0.25, 0.3) is 5.56 Å². The van der Waals surface area contributed by atoms with E-state index >= 15 is 0 Å². The predicted molar refractivity (Wildman–Crippen MR) is 122 cm³/mol. The van der Waals surface area contributed by atoms with Gasteiger partial charge in [-0.15, -0.1) is 11.3 Å². The van der Waals surface area contributed by atoms with E-state index < -0.39 is 0 Å². The summed E-state index contributed by atoms with van der Waals surface area (Å²) >= 11 is 7.55. The number of hydrogen-bond acceptors (Lipinski definition) is 5. The Morgan fingerprint density at radius 3 is 2.70 bits per heavy atom. The van der Waals surface area contributed by atoms with Crippen LogP contribution in [-0.2, 0) is 11.3 Å². The van der Waals surface area contributed by atoms with Crippen LogP contribution < -0.4 is 10.9 Å². The maximum absolute atomic E-state index is 13.6. The molecule has 0 aliphatic carbocycles. The number of nitrogens with zero attached hydrogens (tertiary/aromatic N) is 3. The van der Waals surface area contributed by atoms with Crippen LogP contribution in [0.15, 0.2) is 46.6 Å². The molecular formula is C22H19ClN4O2S. The SMILES string of the molecule is CCn1c(=O)c(-c2csc(NC(C)=O)n2)c(-c2cccc(Cl)c2)c2ccc(C)nc21. The van der Waals surface area contributed by atoms with E-state index in [2.05, 4.69) is 15.3 Å². The first-order chi connectivity index (χ1) is 14.4. The molecule has 0 aliphatic heterocycles. The highest BCUT2D eigenvalue weighted by molar-refractivity contribution is 7.14. The molecule has 0 aliphatic rings. The molecule has 1 aromatic carbocycles. The summed E-state index contributed by atoms with van der Waals surface area (Å²) in [5, 5.41) is 6.32. The van der Waals surface area contributed by atoms with E-state index in [9.17, 15) is 9.59 Å². The summed E-state index contributed by atoms with van der Waals surface area (Å²) in [6, 6.07) is 11.3. The number of amides is 1. The summed E-state index contributed by atoms with van der Waals surface area (Å²) in [7, 11) is 0. The molecule has 3 heterocycles. The summed E-state index contributed by atoms with van der Waals surface area (Å²) in [6.07, 6.45) is 0. The van der Waals surface area contributed by atoms with Gasteiger partial charge < -0.3 is 5.32 Å². The van der Waals surface area contributed by atoms with Crippen molar-refractivity contribution in [1.82, 2.24) is 14.5 Å². The van der Waals surface area contributed by atoms with Gasteiger partial charge >= 0.3 is 0 Å². The molecule has 0 atom stereocenters. The Bertz CT molecular complexity index is 1340. The van der Waals surface area contributed by atoms with Crippen LogP contribution in [-0.4, -0.2) is 20.4 Å². The molecule has 0 unspecified atom stereocenters. The van der Waals surface area contributed by atoms with Gasteiger partial charge in [0.2, 0.25) is 5.91 Å². The minimum atomic E-state index is -0.213. The van der Waals surface area contributed by atoms with Crippen molar-refractivity contribution in [3.05, 3.63) is 62.8 Å². The van der Waals surface area contributed by atoms with E-state index in [1.54, 1.807) is 16.0 Å². The molecule has 30 heavy (non-hydrogen) atoms. The number of aromatic nitrogens is 3. The van der Waals surface area contributed by atoms with Crippen LogP contribution in [0.1, 0.15) is 19.5 Å². The van der Waals surface area contributed by atoms with Crippen molar-refractivity contribution < 1.29 is 4.79 Å². The number of carbonyl (C=O) groups is 1. The molecule has 6 nitrogen and oxygen atoms in total. The lowest BCUT2D eigenvalue weighted by molar-refractivity contribution is -0.114. The molecule has 0 bridgehead atoms. The first-order valence-corrected chi connectivity index (χ1v) is 10.7. The summed E-state index contributed by atoms with van der Waals surface area (Å²) < 4.78 is 1.66. The van der Waals surface area contributed by atoms with Crippen molar-refractivity contribution in [2.45, 2.75) is 27.3 Å². The minimum Gasteiger partial charge on any atom is -0.302 e. The van der Waals surface area contributed by atoms with Crippen molar-refractivity contribution in [2.24, 2.45) is 0 Å². The summed E-state index contributed by atoms with van der Waals surface area (Å²) in [5.74, 6) is -0.213. The Labute approximate surface area is 182 Å². The third-order valence-corrected chi connectivity index (χ3v) is 5.71. The van der Waals surface area contributed by atoms with Crippen molar-refractivity contribution in [1.29, 1.82) is 0 Å². The molecule has 4 aromatic rings. The van der Waals surface area contributed by atoms with E-state index in [0.717, 1.165) is 22.2 Å². The van der Waals surface area contributed by atoms with Crippen molar-refractivity contribution in [3.63, 3.8) is 0 Å². The Morgan fingerprint density at radius 2 is 2.00 bits per heavy atom. The molecular weight excluding hydrogens is 420 g/mol. The molecule has 0 saturated carbocycles. The average Bonchev–Trinajstić information content (AvgIpc) is 3.14.